The first kappa shape index (κ1) is 22.4. The summed E-state index contributed by atoms with van der Waals surface area (Å²) in [5.74, 6) is 0. The van der Waals surface area contributed by atoms with Crippen LogP contribution in [-0.4, -0.2) is 54.1 Å². The van der Waals surface area contributed by atoms with Crippen LogP contribution in [0.5, 0.6) is 0 Å². The van der Waals surface area contributed by atoms with Crippen molar-refractivity contribution in [2.45, 2.75) is 95.9 Å². The highest BCUT2D eigenvalue weighted by molar-refractivity contribution is 4.93. The third kappa shape index (κ3) is 8.05. The normalized spacial score (nSPS) is 30.0. The van der Waals surface area contributed by atoms with Gasteiger partial charge in [0.2, 0.25) is 6.29 Å². The zero-order valence-electron chi connectivity index (χ0n) is 15.8. The monoisotopic (exact) mass is 359 g/mol. The average Bonchev–Trinajstić information content (AvgIpc) is 2.62. The summed E-state index contributed by atoms with van der Waals surface area (Å²) in [6.07, 6.45) is 9.93. The van der Waals surface area contributed by atoms with Crippen LogP contribution in [0, 0.1) is 0 Å². The van der Waals surface area contributed by atoms with E-state index in [2.05, 4.69) is 6.92 Å². The molecule has 5 atom stereocenters. The Balaban J connectivity index is 2.30. The average molecular weight is 360 g/mol. The van der Waals surface area contributed by atoms with Crippen molar-refractivity contribution in [1.29, 1.82) is 0 Å². The van der Waals surface area contributed by atoms with Crippen LogP contribution in [0.1, 0.15) is 65.2 Å². The van der Waals surface area contributed by atoms with Crippen LogP contribution in [0.25, 0.3) is 0 Å². The van der Waals surface area contributed by atoms with E-state index in [1.165, 1.54) is 44.8 Å². The number of hydrogen-bond acceptors (Lipinski definition) is 6. The van der Waals surface area contributed by atoms with Gasteiger partial charge < -0.3 is 30.2 Å². The zero-order chi connectivity index (χ0) is 18.5. The Morgan fingerprint density at radius 1 is 1.08 bits per heavy atom. The molecule has 0 aromatic carbocycles. The van der Waals surface area contributed by atoms with E-state index in [0.717, 1.165) is 12.8 Å². The van der Waals surface area contributed by atoms with Gasteiger partial charge >= 0.3 is 0 Å². The van der Waals surface area contributed by atoms with Crippen LogP contribution in [0.2, 0.25) is 0 Å². The Bertz CT molecular complexity index is 353. The first-order chi connectivity index (χ1) is 12.2. The van der Waals surface area contributed by atoms with Gasteiger partial charge in [0.25, 0.3) is 0 Å². The second-order valence-corrected chi connectivity index (χ2v) is 6.71. The van der Waals surface area contributed by atoms with E-state index < -0.39 is 30.6 Å². The topological polar surface area (TPSA) is 94.2 Å². The Hall–Kier alpha value is -0.660. The molecule has 1 fully saturated rings. The molecule has 0 amide bonds. The predicted molar refractivity (Wildman–Crippen MR) is 98.0 cm³/mol. The van der Waals surface area contributed by atoms with E-state index in [-0.39, 0.29) is 6.61 Å². The Labute approximate surface area is 152 Å². The van der Waals surface area contributed by atoms with Gasteiger partial charge in [-0.15, -0.1) is 0 Å². The van der Waals surface area contributed by atoms with Crippen LogP contribution in [0.15, 0.2) is 12.3 Å². The molecule has 0 aromatic rings. The minimum Gasteiger partial charge on any atom is -0.471 e. The van der Waals surface area contributed by atoms with Gasteiger partial charge in [-0.25, -0.2) is 0 Å². The SMILES string of the molecule is C/C=C\O[C@H]1O[C@H](CO)[C@@H](O)[C@H](OCCCCCCCCCC)C1N. The molecule has 0 spiro atoms. The molecule has 0 bridgehead atoms. The van der Waals surface area contributed by atoms with Crippen molar-refractivity contribution in [3.05, 3.63) is 12.3 Å². The maximum atomic E-state index is 10.3. The molecule has 0 aromatic heterocycles. The number of unbranched alkanes of at least 4 members (excludes halogenated alkanes) is 7. The highest BCUT2D eigenvalue weighted by atomic mass is 16.7. The van der Waals surface area contributed by atoms with Gasteiger partial charge in [-0.3, -0.25) is 0 Å². The van der Waals surface area contributed by atoms with Crippen LogP contribution in [0.4, 0.5) is 0 Å². The van der Waals surface area contributed by atoms with Crippen LogP contribution >= 0.6 is 0 Å². The van der Waals surface area contributed by atoms with Crippen molar-refractivity contribution in [1.82, 2.24) is 0 Å². The molecule has 1 saturated heterocycles. The quantitative estimate of drug-likeness (QED) is 0.345. The van der Waals surface area contributed by atoms with Crippen LogP contribution < -0.4 is 5.73 Å². The number of aliphatic hydroxyl groups is 2. The van der Waals surface area contributed by atoms with Crippen LogP contribution in [-0.2, 0) is 14.2 Å². The van der Waals surface area contributed by atoms with E-state index in [1.807, 2.05) is 6.92 Å². The number of allylic oxidation sites excluding steroid dienone is 1. The standard InChI is InChI=1S/C19H37NO5/c1-3-5-6-7-8-9-10-11-13-23-18-16(20)19(24-12-4-2)25-15(14-21)17(18)22/h4,12,15-19,21-22H,3,5-11,13-14,20H2,1-2H3/b12-4-/t15-,16?,17-,18-,19+/m1/s1. The first-order valence-electron chi connectivity index (χ1n) is 9.73. The van der Waals surface area contributed by atoms with Gasteiger partial charge in [0.05, 0.1) is 18.9 Å². The fourth-order valence-electron chi connectivity index (χ4n) is 3.03. The second-order valence-electron chi connectivity index (χ2n) is 6.71. The molecule has 1 aliphatic heterocycles. The van der Waals surface area contributed by atoms with Crippen molar-refractivity contribution < 1.29 is 24.4 Å². The molecule has 1 unspecified atom stereocenters. The van der Waals surface area contributed by atoms with Crippen molar-refractivity contribution in [3.63, 3.8) is 0 Å². The summed E-state index contributed by atoms with van der Waals surface area (Å²) < 4.78 is 16.7. The van der Waals surface area contributed by atoms with Gasteiger partial charge in [-0.1, -0.05) is 57.9 Å². The summed E-state index contributed by atoms with van der Waals surface area (Å²) in [6, 6.07) is -0.608. The number of ether oxygens (including phenoxy) is 3. The van der Waals surface area contributed by atoms with E-state index in [4.69, 9.17) is 19.9 Å². The molecule has 6 heteroatoms. The van der Waals surface area contributed by atoms with E-state index >= 15 is 0 Å². The summed E-state index contributed by atoms with van der Waals surface area (Å²) in [6.45, 7) is 4.28. The van der Waals surface area contributed by atoms with E-state index in [9.17, 15) is 10.2 Å². The molecule has 4 N–H and O–H groups in total. The Kier molecular flexibility index (Phi) is 12.1. The summed E-state index contributed by atoms with van der Waals surface area (Å²) in [5, 5.41) is 19.7. The fraction of sp³-hybridized carbons (Fsp3) is 0.895. The minimum atomic E-state index is -0.959. The third-order valence-electron chi connectivity index (χ3n) is 4.56. The molecule has 0 saturated carbocycles. The van der Waals surface area contributed by atoms with Gasteiger partial charge in [-0.2, -0.15) is 0 Å². The Morgan fingerprint density at radius 2 is 1.72 bits per heavy atom. The zero-order valence-corrected chi connectivity index (χ0v) is 15.8. The lowest BCUT2D eigenvalue weighted by atomic mass is 9.97. The van der Waals surface area contributed by atoms with Gasteiger partial charge in [0.15, 0.2) is 0 Å². The van der Waals surface area contributed by atoms with Crippen molar-refractivity contribution in [2.24, 2.45) is 5.73 Å². The van der Waals surface area contributed by atoms with Crippen molar-refractivity contribution in [3.8, 4) is 0 Å². The minimum absolute atomic E-state index is 0.304. The number of rotatable bonds is 13. The lowest BCUT2D eigenvalue weighted by molar-refractivity contribution is -0.258. The number of nitrogens with two attached hydrogens (primary N) is 1. The number of aliphatic hydroxyl groups excluding tert-OH is 2. The van der Waals surface area contributed by atoms with Gasteiger partial charge in [-0.05, 0) is 13.3 Å². The molecular formula is C19H37NO5. The maximum absolute atomic E-state index is 10.3. The van der Waals surface area contributed by atoms with Crippen LogP contribution in [0.3, 0.4) is 0 Å². The molecule has 148 valence electrons. The molecule has 25 heavy (non-hydrogen) atoms. The lowest BCUT2D eigenvalue weighted by Gasteiger charge is -2.42. The molecule has 0 aliphatic carbocycles. The largest absolute Gasteiger partial charge is 0.471 e. The fourth-order valence-corrected chi connectivity index (χ4v) is 3.03. The summed E-state index contributed by atoms with van der Waals surface area (Å²) in [5.41, 5.74) is 6.13. The molecule has 6 nitrogen and oxygen atoms in total. The summed E-state index contributed by atoms with van der Waals surface area (Å²) in [7, 11) is 0. The van der Waals surface area contributed by atoms with Crippen molar-refractivity contribution >= 4 is 0 Å². The summed E-state index contributed by atoms with van der Waals surface area (Å²) in [4.78, 5) is 0. The van der Waals surface area contributed by atoms with Gasteiger partial charge in [0.1, 0.15) is 18.3 Å². The molecule has 0 radical (unpaired) electrons. The second kappa shape index (κ2) is 13.5. The lowest BCUT2D eigenvalue weighted by Crippen LogP contribution is -2.63. The number of hydrogen-bond donors (Lipinski definition) is 3. The molecular weight excluding hydrogens is 322 g/mol. The smallest absolute Gasteiger partial charge is 0.217 e. The Morgan fingerprint density at radius 3 is 2.32 bits per heavy atom. The molecule has 1 aliphatic rings. The maximum Gasteiger partial charge on any atom is 0.217 e. The van der Waals surface area contributed by atoms with Crippen molar-refractivity contribution in [2.75, 3.05) is 13.2 Å². The van der Waals surface area contributed by atoms with Gasteiger partial charge in [0, 0.05) is 6.61 Å². The van der Waals surface area contributed by atoms with E-state index in [0.29, 0.717) is 6.61 Å². The molecule has 1 heterocycles. The van der Waals surface area contributed by atoms with E-state index in [1.54, 1.807) is 6.08 Å². The highest BCUT2D eigenvalue weighted by Crippen LogP contribution is 2.23. The predicted octanol–water partition coefficient (Wildman–Crippen LogP) is 2.47. The molecule has 1 rings (SSSR count). The highest BCUT2D eigenvalue weighted by Gasteiger charge is 2.44. The first-order valence-corrected chi connectivity index (χ1v) is 9.73. The third-order valence-corrected chi connectivity index (χ3v) is 4.56. The summed E-state index contributed by atoms with van der Waals surface area (Å²) >= 11 is 0.